The lowest BCUT2D eigenvalue weighted by atomic mass is 9.95. The highest BCUT2D eigenvalue weighted by Crippen LogP contribution is 2.44. The number of carbonyl (C=O) groups excluding carboxylic acids is 2. The van der Waals surface area contributed by atoms with Gasteiger partial charge in [-0.3, -0.25) is 19.5 Å². The Morgan fingerprint density at radius 1 is 1.00 bits per heavy atom. The number of benzene rings is 3. The van der Waals surface area contributed by atoms with Crippen LogP contribution in [0, 0.1) is 0 Å². The van der Waals surface area contributed by atoms with Crippen LogP contribution in [0.15, 0.2) is 114 Å². The standard InChI is InChI=1S/C32H24N4O4S2/c1-2-18-40-24-12-10-21(11-13-24)27-26(28(37)22-14-16-33-17-15-22)29(38)30(39)36(27)31-34-35-32(42-31)41-19-23-8-5-7-20-6-3-4-9-25(20)23/h2-17,27,37H,1,18-19H2/b28-26+. The molecule has 1 aliphatic rings. The second-order valence-corrected chi connectivity index (χ2v) is 11.5. The van der Waals surface area contributed by atoms with Crippen LogP contribution in [0.25, 0.3) is 16.5 Å². The van der Waals surface area contributed by atoms with Gasteiger partial charge in [0.25, 0.3) is 5.78 Å². The summed E-state index contributed by atoms with van der Waals surface area (Å²) in [6.45, 7) is 4.00. The molecule has 0 aliphatic carbocycles. The number of pyridine rings is 1. The normalized spacial score (nSPS) is 16.2. The maximum Gasteiger partial charge on any atom is 0.301 e. The third-order valence-electron chi connectivity index (χ3n) is 6.79. The molecular formula is C32H24N4O4S2. The molecule has 5 aromatic rings. The van der Waals surface area contributed by atoms with E-state index in [0.29, 0.717) is 33.6 Å². The van der Waals surface area contributed by atoms with Gasteiger partial charge in [0.15, 0.2) is 4.34 Å². The summed E-state index contributed by atoms with van der Waals surface area (Å²) in [5.41, 5.74) is 2.11. The minimum absolute atomic E-state index is 0.0360. The van der Waals surface area contributed by atoms with Crippen LogP contribution in [0.3, 0.4) is 0 Å². The number of ether oxygens (including phenoxy) is 1. The van der Waals surface area contributed by atoms with Crippen molar-refractivity contribution in [2.24, 2.45) is 0 Å². The molecule has 1 fully saturated rings. The summed E-state index contributed by atoms with van der Waals surface area (Å²) in [5.74, 6) is -0.615. The third kappa shape index (κ3) is 5.29. The molecule has 8 nitrogen and oxygen atoms in total. The molecule has 10 heteroatoms. The van der Waals surface area contributed by atoms with E-state index in [1.54, 1.807) is 42.5 Å². The molecule has 0 spiro atoms. The number of ketones is 1. The Labute approximate surface area is 250 Å². The largest absolute Gasteiger partial charge is 0.507 e. The number of fused-ring (bicyclic) bond motifs is 1. The first-order valence-corrected chi connectivity index (χ1v) is 14.8. The van der Waals surface area contributed by atoms with Crippen LogP contribution in [0.4, 0.5) is 5.13 Å². The van der Waals surface area contributed by atoms with Crippen LogP contribution in [0.5, 0.6) is 5.75 Å². The van der Waals surface area contributed by atoms with E-state index in [2.05, 4.69) is 46.0 Å². The number of Topliss-reactive ketones (excluding diaryl/α,β-unsaturated/α-hetero) is 1. The molecule has 1 saturated heterocycles. The third-order valence-corrected chi connectivity index (χ3v) is 8.90. The molecule has 3 heterocycles. The molecule has 42 heavy (non-hydrogen) atoms. The van der Waals surface area contributed by atoms with E-state index in [1.165, 1.54) is 45.8 Å². The molecule has 0 saturated carbocycles. The average Bonchev–Trinajstić information content (AvgIpc) is 3.61. The molecular weight excluding hydrogens is 569 g/mol. The van der Waals surface area contributed by atoms with Crippen molar-refractivity contribution in [3.63, 3.8) is 0 Å². The molecule has 1 atom stereocenters. The summed E-state index contributed by atoms with van der Waals surface area (Å²) in [6.07, 6.45) is 4.66. The molecule has 0 radical (unpaired) electrons. The van der Waals surface area contributed by atoms with Crippen molar-refractivity contribution in [1.29, 1.82) is 0 Å². The highest BCUT2D eigenvalue weighted by molar-refractivity contribution is 8.00. The van der Waals surface area contributed by atoms with Gasteiger partial charge in [-0.1, -0.05) is 90.4 Å². The Morgan fingerprint density at radius 3 is 2.55 bits per heavy atom. The Balaban J connectivity index is 1.35. The zero-order valence-electron chi connectivity index (χ0n) is 22.2. The smallest absolute Gasteiger partial charge is 0.301 e. The van der Waals surface area contributed by atoms with Crippen LogP contribution < -0.4 is 9.64 Å². The van der Waals surface area contributed by atoms with Gasteiger partial charge >= 0.3 is 5.91 Å². The van der Waals surface area contributed by atoms with Gasteiger partial charge in [0.2, 0.25) is 5.13 Å². The molecule has 1 aliphatic heterocycles. The van der Waals surface area contributed by atoms with Gasteiger partial charge in [-0.2, -0.15) is 0 Å². The zero-order chi connectivity index (χ0) is 29.1. The molecule has 2 aromatic heterocycles. The minimum atomic E-state index is -0.921. The van der Waals surface area contributed by atoms with Gasteiger partial charge in [-0.05, 0) is 46.2 Å². The number of amides is 1. The topological polar surface area (TPSA) is 106 Å². The van der Waals surface area contributed by atoms with E-state index in [4.69, 9.17) is 4.74 Å². The number of thioether (sulfide) groups is 1. The number of aliphatic hydroxyl groups excluding tert-OH is 1. The van der Waals surface area contributed by atoms with Crippen molar-refractivity contribution in [3.05, 3.63) is 126 Å². The monoisotopic (exact) mass is 592 g/mol. The fraction of sp³-hybridized carbons (Fsp3) is 0.0938. The quantitative estimate of drug-likeness (QED) is 0.0512. The van der Waals surface area contributed by atoms with Crippen molar-refractivity contribution >= 4 is 56.5 Å². The second-order valence-electron chi connectivity index (χ2n) is 9.35. The highest BCUT2D eigenvalue weighted by Gasteiger charge is 2.48. The first-order chi connectivity index (χ1) is 20.5. The lowest BCUT2D eigenvalue weighted by Gasteiger charge is -2.22. The number of anilines is 1. The number of hydrogen-bond acceptors (Lipinski definition) is 9. The number of aliphatic hydroxyl groups is 1. The van der Waals surface area contributed by atoms with E-state index in [0.717, 1.165) is 10.9 Å². The van der Waals surface area contributed by atoms with E-state index in [9.17, 15) is 14.7 Å². The van der Waals surface area contributed by atoms with E-state index in [-0.39, 0.29) is 16.5 Å². The lowest BCUT2D eigenvalue weighted by molar-refractivity contribution is -0.132. The van der Waals surface area contributed by atoms with E-state index in [1.807, 2.05) is 18.2 Å². The second kappa shape index (κ2) is 12.0. The van der Waals surface area contributed by atoms with Crippen molar-refractivity contribution in [1.82, 2.24) is 15.2 Å². The molecule has 208 valence electrons. The maximum absolute atomic E-state index is 13.5. The number of carbonyl (C=O) groups is 2. The van der Waals surface area contributed by atoms with Gasteiger partial charge in [0, 0.05) is 23.7 Å². The van der Waals surface area contributed by atoms with Crippen LogP contribution in [-0.2, 0) is 15.3 Å². The minimum Gasteiger partial charge on any atom is -0.507 e. The van der Waals surface area contributed by atoms with Crippen LogP contribution >= 0.6 is 23.1 Å². The summed E-state index contributed by atoms with van der Waals surface area (Å²) >= 11 is 2.74. The Morgan fingerprint density at radius 2 is 1.76 bits per heavy atom. The Kier molecular flexibility index (Phi) is 7.81. The van der Waals surface area contributed by atoms with Gasteiger partial charge in [-0.25, -0.2) is 0 Å². The number of rotatable bonds is 9. The fourth-order valence-electron chi connectivity index (χ4n) is 4.83. The van der Waals surface area contributed by atoms with Gasteiger partial charge in [-0.15, -0.1) is 10.2 Å². The first-order valence-electron chi connectivity index (χ1n) is 13.0. The summed E-state index contributed by atoms with van der Waals surface area (Å²) in [5, 5.41) is 22.5. The summed E-state index contributed by atoms with van der Waals surface area (Å²) in [7, 11) is 0. The van der Waals surface area contributed by atoms with Crippen LogP contribution in [-0.4, -0.2) is 38.6 Å². The summed E-state index contributed by atoms with van der Waals surface area (Å²) < 4.78 is 6.26. The molecule has 1 N–H and O–H groups in total. The number of nitrogens with zero attached hydrogens (tertiary/aromatic N) is 4. The highest BCUT2D eigenvalue weighted by atomic mass is 32.2. The number of aromatic nitrogens is 3. The molecule has 3 aromatic carbocycles. The predicted octanol–water partition coefficient (Wildman–Crippen LogP) is 6.57. The summed E-state index contributed by atoms with van der Waals surface area (Å²) in [4.78, 5) is 32.2. The van der Waals surface area contributed by atoms with Crippen molar-refractivity contribution in [3.8, 4) is 5.75 Å². The van der Waals surface area contributed by atoms with Crippen molar-refractivity contribution < 1.29 is 19.4 Å². The molecule has 1 unspecified atom stereocenters. The Bertz CT molecular complexity index is 1810. The Hall–Kier alpha value is -4.80. The summed E-state index contributed by atoms with van der Waals surface area (Å²) in [6, 6.07) is 23.6. The maximum atomic E-state index is 13.5. The average molecular weight is 593 g/mol. The lowest BCUT2D eigenvalue weighted by Crippen LogP contribution is -2.29. The van der Waals surface area contributed by atoms with Crippen molar-refractivity contribution in [2.45, 2.75) is 16.1 Å². The van der Waals surface area contributed by atoms with Gasteiger partial charge in [0.05, 0.1) is 11.6 Å². The van der Waals surface area contributed by atoms with E-state index >= 15 is 0 Å². The van der Waals surface area contributed by atoms with Crippen LogP contribution in [0.1, 0.15) is 22.7 Å². The van der Waals surface area contributed by atoms with Crippen molar-refractivity contribution in [2.75, 3.05) is 11.5 Å². The zero-order valence-corrected chi connectivity index (χ0v) is 23.8. The van der Waals surface area contributed by atoms with Crippen LogP contribution in [0.2, 0.25) is 0 Å². The predicted molar refractivity (Wildman–Crippen MR) is 165 cm³/mol. The molecule has 6 rings (SSSR count). The van der Waals surface area contributed by atoms with Gasteiger partial charge in [0.1, 0.15) is 18.1 Å². The SMILES string of the molecule is C=CCOc1ccc(C2/C(=C(\O)c3ccncc3)C(=O)C(=O)N2c2nnc(SCc3cccc4ccccc34)s2)cc1. The van der Waals surface area contributed by atoms with E-state index < -0.39 is 17.7 Å². The van der Waals surface area contributed by atoms with Gasteiger partial charge < -0.3 is 9.84 Å². The molecule has 0 bridgehead atoms. The fourth-order valence-corrected chi connectivity index (χ4v) is 6.70. The molecule has 1 amide bonds. The number of hydrogen-bond donors (Lipinski definition) is 1. The first kappa shape index (κ1) is 27.4.